The smallest absolute Gasteiger partial charge is 0.320 e. The number of benzene rings is 8. The van der Waals surface area contributed by atoms with Gasteiger partial charge in [-0.3, -0.25) is 4.79 Å². The molecule has 0 radical (unpaired) electrons. The topological polar surface area (TPSA) is 128 Å². The van der Waals surface area contributed by atoms with E-state index in [9.17, 15) is 9.90 Å². The number of carboxylic acid groups (broad SMARTS) is 1. The van der Waals surface area contributed by atoms with Crippen molar-refractivity contribution < 1.29 is 43.1 Å². The summed E-state index contributed by atoms with van der Waals surface area (Å²) in [6.45, 7) is 2.19. The van der Waals surface area contributed by atoms with Crippen molar-refractivity contribution in [2.75, 3.05) is 0 Å². The summed E-state index contributed by atoms with van der Waals surface area (Å²) in [7, 11) is 0. The molecule has 8 rings (SSSR count). The van der Waals surface area contributed by atoms with E-state index in [4.69, 9.17) is 38.9 Å². The fourth-order valence-corrected chi connectivity index (χ4v) is 7.17. The molecular formula is C58H53NO9. The predicted octanol–water partition coefficient (Wildman–Crippen LogP) is 11.7. The zero-order chi connectivity index (χ0) is 46.8. The van der Waals surface area contributed by atoms with E-state index in [2.05, 4.69) is 0 Å². The fourth-order valence-electron chi connectivity index (χ4n) is 7.17. The first-order valence-corrected chi connectivity index (χ1v) is 22.4. The first kappa shape index (κ1) is 46.3. The molecule has 3 N–H and O–H groups in total. The van der Waals surface area contributed by atoms with E-state index in [1.54, 1.807) is 12.1 Å². The van der Waals surface area contributed by atoms with Crippen LogP contribution in [0.2, 0.25) is 0 Å². The minimum absolute atomic E-state index is 0.197. The maximum absolute atomic E-state index is 11.3. The van der Waals surface area contributed by atoms with E-state index in [0.29, 0.717) is 66.7 Å². The molecule has 10 nitrogen and oxygen atoms in total. The van der Waals surface area contributed by atoms with Crippen LogP contribution in [0.3, 0.4) is 0 Å². The van der Waals surface area contributed by atoms with Crippen molar-refractivity contribution in [1.29, 1.82) is 0 Å². The van der Waals surface area contributed by atoms with Gasteiger partial charge < -0.3 is 44.0 Å². The maximum Gasteiger partial charge on any atom is 0.320 e. The molecule has 344 valence electrons. The number of hydrogen-bond acceptors (Lipinski definition) is 9. The molecule has 0 unspecified atom stereocenters. The van der Waals surface area contributed by atoms with Crippen LogP contribution < -0.4 is 38.9 Å². The lowest BCUT2D eigenvalue weighted by Crippen LogP contribution is -2.32. The van der Waals surface area contributed by atoms with E-state index >= 15 is 0 Å². The molecule has 0 spiro atoms. The summed E-state index contributed by atoms with van der Waals surface area (Å²) in [5.74, 6) is 3.31. The summed E-state index contributed by atoms with van der Waals surface area (Å²) >= 11 is 0. The summed E-state index contributed by atoms with van der Waals surface area (Å²) in [6.07, 6.45) is 0.209. The molecule has 0 saturated heterocycles. The molecule has 0 bridgehead atoms. The molecule has 10 heteroatoms. The van der Waals surface area contributed by atoms with E-state index in [0.717, 1.165) is 44.5 Å². The minimum atomic E-state index is -1.05. The fraction of sp³-hybridized carbons (Fsp3) is 0.155. The lowest BCUT2D eigenvalue weighted by Gasteiger charge is -2.16. The third kappa shape index (κ3) is 14.7. The molecule has 0 aliphatic heterocycles. The van der Waals surface area contributed by atoms with Gasteiger partial charge in [0.15, 0.2) is 0 Å². The molecule has 0 heterocycles. The number of carboxylic acids is 1. The van der Waals surface area contributed by atoms with Crippen molar-refractivity contribution in [3.63, 3.8) is 0 Å². The van der Waals surface area contributed by atoms with Crippen LogP contribution in [0.1, 0.15) is 44.5 Å². The predicted molar refractivity (Wildman–Crippen MR) is 261 cm³/mol. The van der Waals surface area contributed by atoms with Crippen LogP contribution in [0.5, 0.6) is 40.2 Å². The second-order valence-electron chi connectivity index (χ2n) is 16.2. The van der Waals surface area contributed by atoms with Gasteiger partial charge in [-0.15, -0.1) is 0 Å². The second kappa shape index (κ2) is 23.8. The molecule has 68 heavy (non-hydrogen) atoms. The maximum atomic E-state index is 11.3. The van der Waals surface area contributed by atoms with Gasteiger partial charge in [-0.25, -0.2) is 0 Å². The highest BCUT2D eigenvalue weighted by Crippen LogP contribution is 2.31. The van der Waals surface area contributed by atoms with E-state index in [-0.39, 0.29) is 26.2 Å². The van der Waals surface area contributed by atoms with Gasteiger partial charge in [0.1, 0.15) is 92.5 Å². The Kier molecular flexibility index (Phi) is 16.2. The van der Waals surface area contributed by atoms with E-state index < -0.39 is 12.0 Å². The van der Waals surface area contributed by atoms with Crippen LogP contribution in [0.15, 0.2) is 200 Å². The zero-order valence-corrected chi connectivity index (χ0v) is 37.6. The first-order chi connectivity index (χ1) is 33.3. The normalized spacial score (nSPS) is 11.2. The Morgan fingerprint density at radius 3 is 0.838 bits per heavy atom. The Labute approximate surface area is 397 Å². The summed E-state index contributed by atoms with van der Waals surface area (Å²) < 4.78 is 44.4. The van der Waals surface area contributed by atoms with Crippen LogP contribution in [0, 0.1) is 0 Å². The molecule has 0 fully saturated rings. The van der Waals surface area contributed by atoms with Crippen LogP contribution in [0.25, 0.3) is 0 Å². The first-order valence-electron chi connectivity index (χ1n) is 22.4. The SMILES string of the molecule is N[C@@H](Cc1ccc(OCc2cc(OCc3cc(OCc4ccccc4)cc(OCc4ccccc4)c3)cc(OCc3cc(OCc4ccccc4)cc(OCc4ccccc4)c3)c2)cc1)C(=O)O. The van der Waals surface area contributed by atoms with Gasteiger partial charge >= 0.3 is 5.97 Å². The van der Waals surface area contributed by atoms with Gasteiger partial charge in [0, 0.05) is 18.2 Å². The second-order valence-corrected chi connectivity index (χ2v) is 16.2. The lowest BCUT2D eigenvalue weighted by molar-refractivity contribution is -0.138. The molecule has 1 atom stereocenters. The van der Waals surface area contributed by atoms with E-state index in [1.165, 1.54) is 0 Å². The number of ether oxygens (including phenoxy) is 7. The van der Waals surface area contributed by atoms with Crippen LogP contribution in [-0.4, -0.2) is 17.1 Å². The van der Waals surface area contributed by atoms with Gasteiger partial charge in [-0.2, -0.15) is 0 Å². The summed E-state index contributed by atoms with van der Waals surface area (Å²) in [5.41, 5.74) is 13.3. The number of nitrogens with two attached hydrogens (primary N) is 1. The quantitative estimate of drug-likeness (QED) is 0.0605. The summed E-state index contributed by atoms with van der Waals surface area (Å²) in [5, 5.41) is 9.26. The van der Waals surface area contributed by atoms with E-state index in [1.807, 2.05) is 188 Å². The molecule has 0 amide bonds. The molecule has 0 aliphatic carbocycles. The van der Waals surface area contributed by atoms with Gasteiger partial charge in [0.25, 0.3) is 0 Å². The van der Waals surface area contributed by atoms with Gasteiger partial charge in [-0.05, 0) is 99.5 Å². The van der Waals surface area contributed by atoms with Crippen molar-refractivity contribution in [2.45, 2.75) is 58.7 Å². The third-order valence-electron chi connectivity index (χ3n) is 10.7. The van der Waals surface area contributed by atoms with Crippen molar-refractivity contribution in [2.24, 2.45) is 5.73 Å². The zero-order valence-electron chi connectivity index (χ0n) is 37.6. The molecular weight excluding hydrogens is 855 g/mol. The highest BCUT2D eigenvalue weighted by molar-refractivity contribution is 5.73. The highest BCUT2D eigenvalue weighted by atomic mass is 16.5. The average Bonchev–Trinajstić information content (AvgIpc) is 3.38. The van der Waals surface area contributed by atoms with Crippen molar-refractivity contribution in [1.82, 2.24) is 0 Å². The number of rotatable bonds is 24. The number of hydrogen-bond donors (Lipinski definition) is 2. The van der Waals surface area contributed by atoms with Gasteiger partial charge in [0.05, 0.1) is 0 Å². The molecule has 8 aromatic carbocycles. The third-order valence-corrected chi connectivity index (χ3v) is 10.7. The lowest BCUT2D eigenvalue weighted by atomic mass is 10.1. The Morgan fingerprint density at radius 2 is 0.574 bits per heavy atom. The van der Waals surface area contributed by atoms with Crippen LogP contribution >= 0.6 is 0 Å². The summed E-state index contributed by atoms with van der Waals surface area (Å²) in [4.78, 5) is 11.3. The Hall–Kier alpha value is -8.21. The molecule has 0 aromatic heterocycles. The monoisotopic (exact) mass is 907 g/mol. The largest absolute Gasteiger partial charge is 0.489 e. The average molecular weight is 908 g/mol. The van der Waals surface area contributed by atoms with Gasteiger partial charge in [0.2, 0.25) is 0 Å². The summed E-state index contributed by atoms with van der Waals surface area (Å²) in [6, 6.07) is 63.6. The van der Waals surface area contributed by atoms with Crippen molar-refractivity contribution in [3.05, 3.63) is 245 Å². The Bertz CT molecular complexity index is 2530. The molecule has 0 saturated carbocycles. The number of aliphatic carboxylic acids is 1. The number of carbonyl (C=O) groups is 1. The Balaban J connectivity index is 1.02. The Morgan fingerprint density at radius 1 is 0.324 bits per heavy atom. The minimum Gasteiger partial charge on any atom is -0.489 e. The molecule has 8 aromatic rings. The highest BCUT2D eigenvalue weighted by Gasteiger charge is 2.14. The van der Waals surface area contributed by atoms with Crippen molar-refractivity contribution in [3.8, 4) is 40.2 Å². The van der Waals surface area contributed by atoms with Gasteiger partial charge in [-0.1, -0.05) is 133 Å². The van der Waals surface area contributed by atoms with Crippen LogP contribution in [-0.2, 0) is 57.5 Å². The standard InChI is InChI=1S/C58H53NO9/c59-57(58(60)61)31-42-21-23-50(24-22-42)62-39-47-25-55(67-40-48-27-51(63-35-43-13-5-1-6-14-43)32-52(28-48)64-36-44-15-7-2-8-16-44)34-56(26-47)68-41-49-29-53(65-37-45-17-9-3-10-18-45)33-54(30-49)66-38-46-19-11-4-12-20-46/h1-30,32-34,57H,31,35-41,59H2,(H,60,61)/t57-/m0/s1. The van der Waals surface area contributed by atoms with Crippen molar-refractivity contribution >= 4 is 5.97 Å². The van der Waals surface area contributed by atoms with Crippen LogP contribution in [0.4, 0.5) is 0 Å². The molecule has 0 aliphatic rings.